The molecule has 2 bridgehead atoms. The van der Waals surface area contributed by atoms with E-state index >= 15 is 0 Å². The molecule has 2 aliphatic carbocycles. The van der Waals surface area contributed by atoms with Gasteiger partial charge in [-0.3, -0.25) is 9.59 Å². The molecule has 6 rings (SSSR count). The molecule has 9 atom stereocenters. The van der Waals surface area contributed by atoms with Crippen LogP contribution < -0.4 is 0 Å². The number of fused-ring (bicyclic) bond motifs is 8. The topological polar surface area (TPSA) is 202 Å². The van der Waals surface area contributed by atoms with Gasteiger partial charge >= 0.3 is 11.9 Å². The number of aromatic hydroxyl groups is 3. The summed E-state index contributed by atoms with van der Waals surface area (Å²) in [5.74, 6) is -6.44. The third-order valence-corrected chi connectivity index (χ3v) is 10.2. The standard InChI is InChI=1S/C28H32O13/c1-10(2)27(35)18-24(34)40-21(27)19(38-5)25(3)26(20-22(39-20)28(18,25)36)9-12(23(33)41-26)16(37-4)8-13(29)11-6-14(30)17(32)15(31)7-11/h6-7,10,18-22,30-32,35-36H,8-9H2,1-5H3/t18-,19+,20+,21-,22-,25-,26+,27+,28-/m0/s1. The molecule has 3 aliphatic heterocycles. The highest BCUT2D eigenvalue weighted by molar-refractivity contribution is 6.00. The number of carbonyl (C=O) groups is 3. The number of hydrogen-bond acceptors (Lipinski definition) is 13. The first kappa shape index (κ1) is 27.8. The lowest BCUT2D eigenvalue weighted by Crippen LogP contribution is -2.78. The summed E-state index contributed by atoms with van der Waals surface area (Å²) in [7, 11) is 2.62. The van der Waals surface area contributed by atoms with Crippen LogP contribution in [0.2, 0.25) is 0 Å². The summed E-state index contributed by atoms with van der Waals surface area (Å²) >= 11 is 0. The Kier molecular flexibility index (Phi) is 5.65. The molecular formula is C28H32O13. The van der Waals surface area contributed by atoms with Crippen molar-refractivity contribution in [2.75, 3.05) is 14.2 Å². The summed E-state index contributed by atoms with van der Waals surface area (Å²) in [6.07, 6.45) is -4.75. The minimum atomic E-state index is -2.04. The number of epoxide rings is 1. The van der Waals surface area contributed by atoms with E-state index < -0.39 is 99.9 Å². The fraction of sp³-hybridized carbons (Fsp3) is 0.607. The van der Waals surface area contributed by atoms with E-state index in [0.717, 1.165) is 12.1 Å². The molecule has 2 saturated carbocycles. The first-order chi connectivity index (χ1) is 19.1. The molecule has 0 amide bonds. The molecular weight excluding hydrogens is 544 g/mol. The highest BCUT2D eigenvalue weighted by Gasteiger charge is 2.95. The summed E-state index contributed by atoms with van der Waals surface area (Å²) in [5.41, 5.74) is -7.05. The number of carbonyl (C=O) groups excluding carboxylic acids is 3. The van der Waals surface area contributed by atoms with Gasteiger partial charge in [0, 0.05) is 19.1 Å². The van der Waals surface area contributed by atoms with Crippen LogP contribution in [0.25, 0.3) is 0 Å². The number of ketones is 1. The Balaban J connectivity index is 1.42. The molecule has 1 aromatic rings. The zero-order chi connectivity index (χ0) is 30.0. The average molecular weight is 577 g/mol. The van der Waals surface area contributed by atoms with Gasteiger partial charge in [0.05, 0.1) is 24.5 Å². The molecule has 0 aromatic heterocycles. The maximum absolute atomic E-state index is 13.5. The zero-order valence-corrected chi connectivity index (χ0v) is 23.0. The number of hydrogen-bond donors (Lipinski definition) is 5. The van der Waals surface area contributed by atoms with E-state index in [2.05, 4.69) is 0 Å². The molecule has 5 fully saturated rings. The zero-order valence-electron chi connectivity index (χ0n) is 23.0. The van der Waals surface area contributed by atoms with Crippen LogP contribution in [0.5, 0.6) is 17.2 Å². The molecule has 3 heterocycles. The highest BCUT2D eigenvalue weighted by Crippen LogP contribution is 2.76. The lowest BCUT2D eigenvalue weighted by Gasteiger charge is -2.60. The number of rotatable bonds is 6. The number of aliphatic hydroxyl groups is 2. The van der Waals surface area contributed by atoms with E-state index in [1.807, 2.05) is 0 Å². The average Bonchev–Trinajstić information content (AvgIpc) is 3.57. The number of ether oxygens (including phenoxy) is 5. The van der Waals surface area contributed by atoms with Crippen LogP contribution in [0.15, 0.2) is 23.5 Å². The maximum atomic E-state index is 13.5. The maximum Gasteiger partial charge on any atom is 0.338 e. The van der Waals surface area contributed by atoms with Gasteiger partial charge in [-0.2, -0.15) is 0 Å². The third kappa shape index (κ3) is 3.01. The third-order valence-electron chi connectivity index (χ3n) is 10.2. The summed E-state index contributed by atoms with van der Waals surface area (Å²) < 4.78 is 28.9. The van der Waals surface area contributed by atoms with Crippen molar-refractivity contribution in [2.45, 2.75) is 74.8 Å². The minimum absolute atomic E-state index is 0.00747. The van der Waals surface area contributed by atoms with Crippen LogP contribution in [0.3, 0.4) is 0 Å². The Bertz CT molecular complexity index is 1390. The second kappa shape index (κ2) is 8.34. The first-order valence-corrected chi connectivity index (χ1v) is 13.3. The molecule has 0 radical (unpaired) electrons. The van der Waals surface area contributed by atoms with Crippen LogP contribution in [0, 0.1) is 17.3 Å². The SMILES string of the molecule is COC(CC(=O)c1cc(O)c(O)c(O)c1)=C1C[C@@]2(OC1=O)[C@@H]1O[C@@H]1[C@@]1(O)[C@H]3C(=O)O[C@@H]([C@@H](OC)[C@]12C)[C@@]3(O)C(C)C. The van der Waals surface area contributed by atoms with Gasteiger partial charge < -0.3 is 49.2 Å². The number of Topliss-reactive ketones (excluding diaryl/α,β-unsaturated/α-hetero) is 1. The Labute approximate surface area is 234 Å². The van der Waals surface area contributed by atoms with E-state index in [4.69, 9.17) is 23.7 Å². The Hall–Kier alpha value is -3.39. The van der Waals surface area contributed by atoms with Crippen LogP contribution in [0.1, 0.15) is 44.0 Å². The minimum Gasteiger partial charge on any atom is -0.504 e. The molecule has 1 aromatic carbocycles. The van der Waals surface area contributed by atoms with Crippen molar-refractivity contribution >= 4 is 17.7 Å². The monoisotopic (exact) mass is 576 g/mol. The lowest BCUT2D eigenvalue weighted by atomic mass is 9.48. The molecule has 3 saturated heterocycles. The van der Waals surface area contributed by atoms with Gasteiger partial charge in [-0.05, 0) is 18.1 Å². The van der Waals surface area contributed by atoms with Gasteiger partial charge in [-0.1, -0.05) is 20.8 Å². The number of phenolic OH excluding ortho intramolecular Hbond substituents is 3. The first-order valence-electron chi connectivity index (χ1n) is 13.3. The molecule has 41 heavy (non-hydrogen) atoms. The summed E-state index contributed by atoms with van der Waals surface area (Å²) in [4.78, 5) is 39.7. The quantitative estimate of drug-likeness (QED) is 0.0780. The molecule has 13 nitrogen and oxygen atoms in total. The van der Waals surface area contributed by atoms with Crippen molar-refractivity contribution in [2.24, 2.45) is 17.3 Å². The normalized spacial score (nSPS) is 43.1. The van der Waals surface area contributed by atoms with Crippen molar-refractivity contribution in [3.63, 3.8) is 0 Å². The number of benzene rings is 1. The predicted molar refractivity (Wildman–Crippen MR) is 134 cm³/mol. The van der Waals surface area contributed by atoms with E-state index in [0.29, 0.717) is 0 Å². The van der Waals surface area contributed by atoms with Crippen molar-refractivity contribution in [3.05, 3.63) is 29.0 Å². The van der Waals surface area contributed by atoms with E-state index in [-0.39, 0.29) is 23.3 Å². The molecule has 5 N–H and O–H groups in total. The van der Waals surface area contributed by atoms with Crippen molar-refractivity contribution in [1.82, 2.24) is 0 Å². The number of esters is 2. The predicted octanol–water partition coefficient (Wildman–Crippen LogP) is 0.438. The largest absolute Gasteiger partial charge is 0.504 e. The van der Waals surface area contributed by atoms with Gasteiger partial charge in [-0.15, -0.1) is 0 Å². The highest BCUT2D eigenvalue weighted by atomic mass is 16.7. The van der Waals surface area contributed by atoms with Gasteiger partial charge in [0.15, 0.2) is 34.7 Å². The summed E-state index contributed by atoms with van der Waals surface area (Å²) in [6, 6.07) is 1.94. The van der Waals surface area contributed by atoms with Crippen molar-refractivity contribution in [3.8, 4) is 17.2 Å². The van der Waals surface area contributed by atoms with Crippen molar-refractivity contribution in [1.29, 1.82) is 0 Å². The molecule has 1 spiro atoms. The van der Waals surface area contributed by atoms with Crippen LogP contribution in [-0.4, -0.2) is 98.7 Å². The van der Waals surface area contributed by atoms with Crippen LogP contribution in [0.4, 0.5) is 0 Å². The van der Waals surface area contributed by atoms with Crippen LogP contribution in [-0.2, 0) is 33.3 Å². The fourth-order valence-electron chi connectivity index (χ4n) is 8.04. The van der Waals surface area contributed by atoms with E-state index in [1.165, 1.54) is 14.2 Å². The van der Waals surface area contributed by atoms with Gasteiger partial charge in [-0.25, -0.2) is 4.79 Å². The smallest absolute Gasteiger partial charge is 0.338 e. The number of phenols is 3. The van der Waals surface area contributed by atoms with Gasteiger partial charge in [0.1, 0.15) is 41.2 Å². The van der Waals surface area contributed by atoms with Crippen molar-refractivity contribution < 1.29 is 63.6 Å². The summed E-state index contributed by atoms with van der Waals surface area (Å²) in [6.45, 7) is 5.06. The Morgan fingerprint density at radius 1 is 1.07 bits per heavy atom. The molecule has 222 valence electrons. The summed E-state index contributed by atoms with van der Waals surface area (Å²) in [5, 5.41) is 53.5. The van der Waals surface area contributed by atoms with Crippen LogP contribution >= 0.6 is 0 Å². The second-order valence-electron chi connectivity index (χ2n) is 12.0. The molecule has 0 unspecified atom stereocenters. The van der Waals surface area contributed by atoms with Gasteiger partial charge in [0.25, 0.3) is 0 Å². The lowest BCUT2D eigenvalue weighted by molar-refractivity contribution is -0.313. The number of allylic oxidation sites excluding steroid dienone is 1. The van der Waals surface area contributed by atoms with E-state index in [9.17, 15) is 39.9 Å². The van der Waals surface area contributed by atoms with E-state index in [1.54, 1.807) is 20.8 Å². The second-order valence-corrected chi connectivity index (χ2v) is 12.0. The van der Waals surface area contributed by atoms with Gasteiger partial charge in [0.2, 0.25) is 0 Å². The number of methoxy groups -OCH3 is 2. The Morgan fingerprint density at radius 3 is 2.27 bits per heavy atom. The Morgan fingerprint density at radius 2 is 1.71 bits per heavy atom. The molecule has 5 aliphatic rings. The fourth-order valence-corrected chi connectivity index (χ4v) is 8.04. The molecule has 13 heteroatoms.